The van der Waals surface area contributed by atoms with E-state index in [9.17, 15) is 10.1 Å². The summed E-state index contributed by atoms with van der Waals surface area (Å²) in [6.45, 7) is 2.16. The first-order valence-corrected chi connectivity index (χ1v) is 3.82. The molecule has 0 fully saturated rings. The molecule has 0 atom stereocenters. The summed E-state index contributed by atoms with van der Waals surface area (Å²) in [6.07, 6.45) is 0. The molecule has 1 aromatic carbocycles. The fourth-order valence-corrected chi connectivity index (χ4v) is 0.955. The van der Waals surface area contributed by atoms with Gasteiger partial charge in [0.15, 0.2) is 5.75 Å². The molecule has 0 aliphatic rings. The minimum atomic E-state index is -0.513. The van der Waals surface area contributed by atoms with Crippen molar-refractivity contribution in [1.82, 2.24) is 0 Å². The molecule has 0 saturated carbocycles. The van der Waals surface area contributed by atoms with E-state index >= 15 is 0 Å². The Balaban J connectivity index is 0.00000169. The highest BCUT2D eigenvalue weighted by Gasteiger charge is 2.14. The van der Waals surface area contributed by atoms with Crippen molar-refractivity contribution in [3.63, 3.8) is 0 Å². The van der Waals surface area contributed by atoms with Crippen molar-refractivity contribution in [2.45, 2.75) is 6.92 Å². The number of anilines is 1. The van der Waals surface area contributed by atoms with Crippen LogP contribution in [0.4, 0.5) is 11.4 Å². The number of nitrogens with zero attached hydrogens (tertiary/aromatic N) is 1. The standard InChI is InChI=1S/C8H10N2O3.ClH/c1-2-13-8-4-3-6(9)5-7(8)10(11)12;/h3-5H,2,9H2,1H3;1H. The van der Waals surface area contributed by atoms with Gasteiger partial charge in [-0.3, -0.25) is 10.1 Å². The number of nitro groups is 1. The van der Waals surface area contributed by atoms with E-state index in [0.717, 1.165) is 0 Å². The van der Waals surface area contributed by atoms with Gasteiger partial charge in [-0.05, 0) is 19.1 Å². The SMILES string of the molecule is CCOc1ccc(N)cc1[N+](=O)[O-].Cl. The third kappa shape index (κ3) is 2.77. The lowest BCUT2D eigenvalue weighted by Crippen LogP contribution is -1.98. The van der Waals surface area contributed by atoms with E-state index in [4.69, 9.17) is 10.5 Å². The lowest BCUT2D eigenvalue weighted by Gasteiger charge is -2.03. The summed E-state index contributed by atoms with van der Waals surface area (Å²) >= 11 is 0. The summed E-state index contributed by atoms with van der Waals surface area (Å²) in [6, 6.07) is 4.35. The van der Waals surface area contributed by atoms with Crippen LogP contribution >= 0.6 is 12.4 Å². The Labute approximate surface area is 87.4 Å². The van der Waals surface area contributed by atoms with Crippen molar-refractivity contribution in [2.24, 2.45) is 0 Å². The van der Waals surface area contributed by atoms with Crippen LogP contribution in [0.1, 0.15) is 6.92 Å². The maximum atomic E-state index is 10.5. The predicted molar refractivity (Wildman–Crippen MR) is 55.9 cm³/mol. The molecular formula is C8H11ClN2O3. The van der Waals surface area contributed by atoms with Crippen LogP contribution in [0.15, 0.2) is 18.2 Å². The van der Waals surface area contributed by atoms with Crippen molar-refractivity contribution in [3.8, 4) is 5.75 Å². The van der Waals surface area contributed by atoms with Crippen molar-refractivity contribution < 1.29 is 9.66 Å². The van der Waals surface area contributed by atoms with Crippen LogP contribution in [0.25, 0.3) is 0 Å². The van der Waals surface area contributed by atoms with Crippen molar-refractivity contribution in [1.29, 1.82) is 0 Å². The highest BCUT2D eigenvalue weighted by molar-refractivity contribution is 5.85. The van der Waals surface area contributed by atoms with E-state index in [-0.39, 0.29) is 23.8 Å². The number of hydrogen-bond acceptors (Lipinski definition) is 4. The fraction of sp³-hybridized carbons (Fsp3) is 0.250. The van der Waals surface area contributed by atoms with Crippen LogP contribution in [0.5, 0.6) is 5.75 Å². The smallest absolute Gasteiger partial charge is 0.312 e. The Hall–Kier alpha value is -1.49. The van der Waals surface area contributed by atoms with Crippen LogP contribution in [0.2, 0.25) is 0 Å². The summed E-state index contributed by atoms with van der Waals surface area (Å²) in [7, 11) is 0. The van der Waals surface area contributed by atoms with E-state index in [1.54, 1.807) is 13.0 Å². The maximum absolute atomic E-state index is 10.5. The molecule has 1 rings (SSSR count). The van der Waals surface area contributed by atoms with Crippen LogP contribution < -0.4 is 10.5 Å². The van der Waals surface area contributed by atoms with Crippen LogP contribution in [-0.4, -0.2) is 11.5 Å². The average Bonchev–Trinajstić information content (AvgIpc) is 2.08. The normalized spacial score (nSPS) is 8.93. The van der Waals surface area contributed by atoms with E-state index in [2.05, 4.69) is 0 Å². The molecule has 0 saturated heterocycles. The highest BCUT2D eigenvalue weighted by atomic mass is 35.5. The zero-order chi connectivity index (χ0) is 9.84. The zero-order valence-corrected chi connectivity index (χ0v) is 8.41. The molecule has 0 amide bonds. The third-order valence-corrected chi connectivity index (χ3v) is 1.48. The fourth-order valence-electron chi connectivity index (χ4n) is 0.955. The van der Waals surface area contributed by atoms with Gasteiger partial charge in [-0.15, -0.1) is 12.4 Å². The number of ether oxygens (including phenoxy) is 1. The summed E-state index contributed by atoms with van der Waals surface area (Å²) in [5.74, 6) is 0.252. The Morgan fingerprint density at radius 1 is 1.57 bits per heavy atom. The van der Waals surface area contributed by atoms with Gasteiger partial charge in [-0.1, -0.05) is 0 Å². The number of nitro benzene ring substituents is 1. The molecule has 14 heavy (non-hydrogen) atoms. The average molecular weight is 219 g/mol. The molecule has 5 nitrogen and oxygen atoms in total. The summed E-state index contributed by atoms with van der Waals surface area (Å²) in [5, 5.41) is 10.5. The second kappa shape index (κ2) is 5.29. The number of benzene rings is 1. The highest BCUT2D eigenvalue weighted by Crippen LogP contribution is 2.28. The Kier molecular flexibility index (Phi) is 4.72. The van der Waals surface area contributed by atoms with Crippen molar-refractivity contribution in [3.05, 3.63) is 28.3 Å². The monoisotopic (exact) mass is 218 g/mol. The van der Waals surface area contributed by atoms with Crippen molar-refractivity contribution in [2.75, 3.05) is 12.3 Å². The number of hydrogen-bond donors (Lipinski definition) is 1. The molecule has 2 N–H and O–H groups in total. The Morgan fingerprint density at radius 2 is 2.21 bits per heavy atom. The summed E-state index contributed by atoms with van der Waals surface area (Å²) < 4.78 is 5.06. The minimum absolute atomic E-state index is 0. The number of halogens is 1. The molecule has 0 aliphatic heterocycles. The largest absolute Gasteiger partial charge is 0.487 e. The number of nitrogens with two attached hydrogens (primary N) is 1. The molecule has 0 radical (unpaired) electrons. The van der Waals surface area contributed by atoms with E-state index in [1.165, 1.54) is 12.1 Å². The summed E-state index contributed by atoms with van der Waals surface area (Å²) in [4.78, 5) is 10.0. The molecule has 0 spiro atoms. The first-order chi connectivity index (χ1) is 6.15. The van der Waals surface area contributed by atoms with Crippen LogP contribution in [0.3, 0.4) is 0 Å². The molecule has 0 aliphatic carbocycles. The second-order valence-electron chi connectivity index (χ2n) is 2.42. The van der Waals surface area contributed by atoms with Gasteiger partial charge in [0.1, 0.15) is 0 Å². The van der Waals surface area contributed by atoms with Gasteiger partial charge in [-0.2, -0.15) is 0 Å². The first kappa shape index (κ1) is 12.5. The second-order valence-corrected chi connectivity index (χ2v) is 2.42. The minimum Gasteiger partial charge on any atom is -0.487 e. The summed E-state index contributed by atoms with van der Waals surface area (Å²) in [5.41, 5.74) is 5.66. The topological polar surface area (TPSA) is 78.4 Å². The van der Waals surface area contributed by atoms with Gasteiger partial charge in [0.05, 0.1) is 11.5 Å². The van der Waals surface area contributed by atoms with E-state index < -0.39 is 4.92 Å². The number of rotatable bonds is 3. The number of nitrogen functional groups attached to an aromatic ring is 1. The van der Waals surface area contributed by atoms with Gasteiger partial charge in [0.25, 0.3) is 0 Å². The molecule has 0 aromatic heterocycles. The van der Waals surface area contributed by atoms with Gasteiger partial charge in [0.2, 0.25) is 0 Å². The zero-order valence-electron chi connectivity index (χ0n) is 7.60. The lowest BCUT2D eigenvalue weighted by atomic mass is 10.2. The quantitative estimate of drug-likeness (QED) is 0.478. The predicted octanol–water partition coefficient (Wildman–Crippen LogP) is 2.00. The van der Waals surface area contributed by atoms with Gasteiger partial charge in [-0.25, -0.2) is 0 Å². The van der Waals surface area contributed by atoms with Crippen LogP contribution in [-0.2, 0) is 0 Å². The Morgan fingerprint density at radius 3 is 2.71 bits per heavy atom. The molecule has 0 unspecified atom stereocenters. The van der Waals surface area contributed by atoms with Gasteiger partial charge < -0.3 is 10.5 Å². The van der Waals surface area contributed by atoms with Crippen molar-refractivity contribution >= 4 is 23.8 Å². The van der Waals surface area contributed by atoms with E-state index in [1.807, 2.05) is 0 Å². The van der Waals surface area contributed by atoms with Gasteiger partial charge >= 0.3 is 5.69 Å². The lowest BCUT2D eigenvalue weighted by molar-refractivity contribution is -0.385. The Bertz CT molecular complexity index is 330. The first-order valence-electron chi connectivity index (χ1n) is 3.82. The third-order valence-electron chi connectivity index (χ3n) is 1.48. The molecule has 78 valence electrons. The molecular weight excluding hydrogens is 208 g/mol. The maximum Gasteiger partial charge on any atom is 0.312 e. The molecule has 1 aromatic rings. The van der Waals surface area contributed by atoms with E-state index in [0.29, 0.717) is 12.3 Å². The van der Waals surface area contributed by atoms with Crippen LogP contribution in [0, 0.1) is 10.1 Å². The van der Waals surface area contributed by atoms with Gasteiger partial charge in [0, 0.05) is 11.8 Å². The molecule has 6 heteroatoms. The molecule has 0 heterocycles. The molecule has 0 bridgehead atoms.